The molecule has 1 heterocycles. The maximum Gasteiger partial charge on any atom is 0.333 e. The SMILES string of the molecule is COCOC1C[C@H](OCOC)/C(C)=C/[C@@H](C)CCC[C@H](C)[C@@H]([C@H](C)COCc2ccc(OC)cc2)OC(=O)/C(C)=C/C[C@@H](OCc2ccc(OC)cc2)[C@H]1C. The van der Waals surface area contributed by atoms with Crippen LogP contribution in [0.2, 0.25) is 0 Å². The molecule has 1 aliphatic rings. The fourth-order valence-corrected chi connectivity index (χ4v) is 7.07. The second-order valence-corrected chi connectivity index (χ2v) is 15.1. The van der Waals surface area contributed by atoms with Gasteiger partial charge in [0.05, 0.1) is 52.4 Å². The van der Waals surface area contributed by atoms with Gasteiger partial charge in [-0.3, -0.25) is 0 Å². The molecule has 0 bridgehead atoms. The maximum absolute atomic E-state index is 13.8. The normalized spacial score (nSPS) is 27.4. The number of hydrogen-bond donors (Lipinski definition) is 0. The van der Waals surface area contributed by atoms with Crippen LogP contribution in [0.1, 0.15) is 84.8 Å². The minimum absolute atomic E-state index is 0.0202. The molecular formula is C45H68O10. The van der Waals surface area contributed by atoms with Crippen LogP contribution in [0.3, 0.4) is 0 Å². The molecular weight excluding hydrogens is 700 g/mol. The number of carbonyl (C=O) groups is 1. The Kier molecular flexibility index (Phi) is 21.0. The van der Waals surface area contributed by atoms with E-state index in [2.05, 4.69) is 40.7 Å². The molecule has 8 atom stereocenters. The Morgan fingerprint density at radius 2 is 1.36 bits per heavy atom. The number of ether oxygens (including phenoxy) is 9. The Morgan fingerprint density at radius 1 is 0.764 bits per heavy atom. The molecule has 10 heteroatoms. The molecule has 308 valence electrons. The van der Waals surface area contributed by atoms with E-state index in [1.807, 2.05) is 61.5 Å². The zero-order valence-electron chi connectivity index (χ0n) is 35.0. The Morgan fingerprint density at radius 3 is 1.96 bits per heavy atom. The molecule has 0 N–H and O–H groups in total. The lowest BCUT2D eigenvalue weighted by molar-refractivity contribution is -0.151. The summed E-state index contributed by atoms with van der Waals surface area (Å²) in [6, 6.07) is 15.7. The molecule has 55 heavy (non-hydrogen) atoms. The van der Waals surface area contributed by atoms with Crippen molar-refractivity contribution < 1.29 is 47.4 Å². The van der Waals surface area contributed by atoms with E-state index in [0.29, 0.717) is 44.2 Å². The van der Waals surface area contributed by atoms with Gasteiger partial charge in [0.2, 0.25) is 0 Å². The number of carbonyl (C=O) groups excluding carboxylic acids is 1. The molecule has 0 amide bonds. The van der Waals surface area contributed by atoms with Crippen molar-refractivity contribution in [1.29, 1.82) is 0 Å². The minimum atomic E-state index is -0.325. The van der Waals surface area contributed by atoms with E-state index in [9.17, 15) is 4.79 Å². The summed E-state index contributed by atoms with van der Waals surface area (Å²) in [5, 5.41) is 0. The zero-order chi connectivity index (χ0) is 40.2. The molecule has 0 fully saturated rings. The number of benzene rings is 2. The molecule has 0 saturated heterocycles. The van der Waals surface area contributed by atoms with Gasteiger partial charge < -0.3 is 42.6 Å². The first-order chi connectivity index (χ1) is 26.5. The van der Waals surface area contributed by atoms with Crippen LogP contribution in [0, 0.1) is 23.7 Å². The lowest BCUT2D eigenvalue weighted by Crippen LogP contribution is -2.37. The number of rotatable bonds is 16. The summed E-state index contributed by atoms with van der Waals surface area (Å²) in [5.41, 5.74) is 3.74. The third-order valence-electron chi connectivity index (χ3n) is 10.6. The molecule has 10 nitrogen and oxygen atoms in total. The molecule has 3 rings (SSSR count). The highest BCUT2D eigenvalue weighted by Crippen LogP contribution is 2.30. The van der Waals surface area contributed by atoms with Crippen molar-refractivity contribution in [2.45, 2.75) is 111 Å². The van der Waals surface area contributed by atoms with E-state index in [4.69, 9.17) is 42.6 Å². The number of hydrogen-bond acceptors (Lipinski definition) is 10. The third-order valence-corrected chi connectivity index (χ3v) is 10.6. The van der Waals surface area contributed by atoms with E-state index in [1.165, 1.54) is 0 Å². The van der Waals surface area contributed by atoms with Gasteiger partial charge in [-0.2, -0.15) is 0 Å². The highest BCUT2D eigenvalue weighted by atomic mass is 16.7. The summed E-state index contributed by atoms with van der Waals surface area (Å²) in [4.78, 5) is 13.8. The Labute approximate surface area is 330 Å². The van der Waals surface area contributed by atoms with Gasteiger partial charge in [0.15, 0.2) is 0 Å². The molecule has 0 radical (unpaired) electrons. The molecule has 2 aromatic carbocycles. The van der Waals surface area contributed by atoms with Gasteiger partial charge in [-0.25, -0.2) is 4.79 Å². The van der Waals surface area contributed by atoms with Crippen molar-refractivity contribution in [3.05, 3.63) is 83.0 Å². The van der Waals surface area contributed by atoms with E-state index in [1.54, 1.807) is 28.4 Å². The quantitative estimate of drug-likeness (QED) is 0.0934. The summed E-state index contributed by atoms with van der Waals surface area (Å²) >= 11 is 0. The highest BCUT2D eigenvalue weighted by molar-refractivity contribution is 5.87. The van der Waals surface area contributed by atoms with Crippen LogP contribution in [0.15, 0.2) is 71.8 Å². The van der Waals surface area contributed by atoms with Crippen molar-refractivity contribution in [3.63, 3.8) is 0 Å². The van der Waals surface area contributed by atoms with E-state index >= 15 is 0 Å². The second kappa shape index (κ2) is 25.1. The van der Waals surface area contributed by atoms with Crippen LogP contribution in [-0.2, 0) is 51.2 Å². The van der Waals surface area contributed by atoms with Crippen molar-refractivity contribution in [1.82, 2.24) is 0 Å². The third kappa shape index (κ3) is 16.0. The van der Waals surface area contributed by atoms with Gasteiger partial charge in [-0.15, -0.1) is 0 Å². The Balaban J connectivity index is 1.92. The molecule has 0 aromatic heterocycles. The summed E-state index contributed by atoms with van der Waals surface area (Å²) in [6.07, 6.45) is 7.03. The smallest absolute Gasteiger partial charge is 0.333 e. The van der Waals surface area contributed by atoms with Gasteiger partial charge in [0.1, 0.15) is 31.2 Å². The van der Waals surface area contributed by atoms with Gasteiger partial charge in [0, 0.05) is 38.0 Å². The zero-order valence-corrected chi connectivity index (χ0v) is 35.0. The topological polar surface area (TPSA) is 100 Å². The van der Waals surface area contributed by atoms with E-state index in [0.717, 1.165) is 47.5 Å². The number of allylic oxidation sites excluding steroid dienone is 1. The first-order valence-electron chi connectivity index (χ1n) is 19.7. The average molecular weight is 769 g/mol. The molecule has 2 aromatic rings. The van der Waals surface area contributed by atoms with Crippen LogP contribution in [0.4, 0.5) is 0 Å². The van der Waals surface area contributed by atoms with Crippen molar-refractivity contribution in [2.75, 3.05) is 48.6 Å². The van der Waals surface area contributed by atoms with Gasteiger partial charge in [-0.1, -0.05) is 70.5 Å². The van der Waals surface area contributed by atoms with Crippen LogP contribution >= 0.6 is 0 Å². The van der Waals surface area contributed by atoms with Crippen LogP contribution in [0.25, 0.3) is 0 Å². The molecule has 1 aliphatic heterocycles. The Hall–Kier alpha value is -3.25. The van der Waals surface area contributed by atoms with Crippen molar-refractivity contribution in [2.24, 2.45) is 23.7 Å². The highest BCUT2D eigenvalue weighted by Gasteiger charge is 2.32. The monoisotopic (exact) mass is 768 g/mol. The Bertz CT molecular complexity index is 1420. The summed E-state index contributed by atoms with van der Waals surface area (Å²) in [6.45, 7) is 14.2. The van der Waals surface area contributed by atoms with Gasteiger partial charge in [-0.05, 0) is 85.9 Å². The standard InChI is InChI=1S/C45H68O10/c1-31-12-11-13-32(2)44(35(5)26-51-27-37-15-19-39(49-9)20-16-37)55-45(46)33(3)14-23-41(52-28-38-17-21-40(50-10)22-18-38)36(6)43(54-30-48-8)25-42(34(4)24-31)53-29-47-7/h14-22,24,31-32,35-36,41-44H,11-13,23,25-30H2,1-10H3/b33-14+,34-24+/t31-,32-,35+,36+,41+,42-,43?,44-/m0/s1. The lowest BCUT2D eigenvalue weighted by atomic mass is 9.87. The largest absolute Gasteiger partial charge is 0.497 e. The van der Waals surface area contributed by atoms with Gasteiger partial charge >= 0.3 is 5.97 Å². The van der Waals surface area contributed by atoms with Crippen LogP contribution in [0.5, 0.6) is 11.5 Å². The predicted molar refractivity (Wildman–Crippen MR) is 215 cm³/mol. The first-order valence-corrected chi connectivity index (χ1v) is 19.7. The van der Waals surface area contributed by atoms with Crippen LogP contribution in [-0.4, -0.2) is 79.0 Å². The second-order valence-electron chi connectivity index (χ2n) is 15.1. The molecule has 0 aliphatic carbocycles. The van der Waals surface area contributed by atoms with E-state index < -0.39 is 0 Å². The maximum atomic E-state index is 13.8. The summed E-state index contributed by atoms with van der Waals surface area (Å²) in [7, 11) is 6.56. The molecule has 0 saturated carbocycles. The minimum Gasteiger partial charge on any atom is -0.497 e. The fourth-order valence-electron chi connectivity index (χ4n) is 7.07. The average Bonchev–Trinajstić information content (AvgIpc) is 3.19. The van der Waals surface area contributed by atoms with Crippen molar-refractivity contribution in [3.8, 4) is 11.5 Å². The van der Waals surface area contributed by atoms with Crippen LogP contribution < -0.4 is 9.47 Å². The van der Waals surface area contributed by atoms with Crippen molar-refractivity contribution >= 4 is 5.97 Å². The summed E-state index contributed by atoms with van der Waals surface area (Å²) in [5.74, 6) is 1.58. The lowest BCUT2D eigenvalue weighted by Gasteiger charge is -2.33. The number of esters is 1. The predicted octanol–water partition coefficient (Wildman–Crippen LogP) is 9.10. The molecule has 1 unspecified atom stereocenters. The molecule has 0 spiro atoms. The first kappa shape index (κ1) is 46.1. The fraction of sp³-hybridized carbons (Fsp3) is 0.622. The van der Waals surface area contributed by atoms with E-state index in [-0.39, 0.29) is 61.7 Å². The number of methoxy groups -OCH3 is 4. The number of cyclic esters (lactones) is 1. The summed E-state index contributed by atoms with van der Waals surface area (Å²) < 4.78 is 53.2. The van der Waals surface area contributed by atoms with Gasteiger partial charge in [0.25, 0.3) is 0 Å².